The molecule has 0 radical (unpaired) electrons. The van der Waals surface area contributed by atoms with Gasteiger partial charge in [-0.25, -0.2) is 0 Å². The lowest BCUT2D eigenvalue weighted by Crippen LogP contribution is -2.38. The van der Waals surface area contributed by atoms with Crippen LogP contribution in [0.1, 0.15) is 43.5 Å². The van der Waals surface area contributed by atoms with Crippen molar-refractivity contribution in [2.24, 2.45) is 5.73 Å². The molecule has 8 heteroatoms. The lowest BCUT2D eigenvalue weighted by molar-refractivity contribution is -0.138. The van der Waals surface area contributed by atoms with Crippen LogP contribution in [-0.2, 0) is 6.18 Å². The highest BCUT2D eigenvalue weighted by molar-refractivity contribution is 7.15. The number of aromatic nitrogens is 2. The standard InChI is InChI=1S/C12H19F3N4S/c13-12(14,15)10-17-18-11(20-10)19(8-4-7-16)9-5-2-1-3-6-9/h9H,1-8,16H2. The van der Waals surface area contributed by atoms with Gasteiger partial charge in [0.25, 0.3) is 0 Å². The Morgan fingerprint density at radius 3 is 2.45 bits per heavy atom. The molecule has 0 amide bonds. The third-order valence-corrected chi connectivity index (χ3v) is 4.53. The van der Waals surface area contributed by atoms with Crippen molar-refractivity contribution < 1.29 is 13.2 Å². The Morgan fingerprint density at radius 1 is 1.20 bits per heavy atom. The molecule has 0 unspecified atom stereocenters. The van der Waals surface area contributed by atoms with Crippen molar-refractivity contribution in [1.82, 2.24) is 10.2 Å². The maximum absolute atomic E-state index is 12.6. The van der Waals surface area contributed by atoms with E-state index in [1.165, 1.54) is 6.42 Å². The Labute approximate surface area is 120 Å². The largest absolute Gasteiger partial charge is 0.445 e. The molecule has 0 atom stereocenters. The summed E-state index contributed by atoms with van der Waals surface area (Å²) < 4.78 is 37.9. The predicted octanol–water partition coefficient (Wildman–Crippen LogP) is 3.04. The molecule has 2 rings (SSSR count). The quantitative estimate of drug-likeness (QED) is 0.908. The van der Waals surface area contributed by atoms with E-state index < -0.39 is 11.2 Å². The number of nitrogens with zero attached hydrogens (tertiary/aromatic N) is 3. The molecule has 2 N–H and O–H groups in total. The fourth-order valence-electron chi connectivity index (χ4n) is 2.53. The fourth-order valence-corrected chi connectivity index (χ4v) is 3.34. The van der Waals surface area contributed by atoms with Crippen molar-refractivity contribution in [1.29, 1.82) is 0 Å². The lowest BCUT2D eigenvalue weighted by Gasteiger charge is -2.33. The Hall–Kier alpha value is -0.890. The first-order valence-electron chi connectivity index (χ1n) is 6.90. The average molecular weight is 308 g/mol. The van der Waals surface area contributed by atoms with E-state index in [-0.39, 0.29) is 6.04 Å². The minimum Gasteiger partial charge on any atom is -0.344 e. The molecule has 0 bridgehead atoms. The first-order chi connectivity index (χ1) is 9.52. The van der Waals surface area contributed by atoms with Crippen molar-refractivity contribution in [3.8, 4) is 0 Å². The number of alkyl halides is 3. The summed E-state index contributed by atoms with van der Waals surface area (Å²) in [5.74, 6) is 0. The van der Waals surface area contributed by atoms with Gasteiger partial charge in [0.15, 0.2) is 0 Å². The number of rotatable bonds is 5. The molecule has 0 spiro atoms. The minimum atomic E-state index is -4.41. The first kappa shape index (κ1) is 15.5. The van der Waals surface area contributed by atoms with E-state index in [0.717, 1.165) is 32.1 Å². The van der Waals surface area contributed by atoms with Crippen LogP contribution in [0.25, 0.3) is 0 Å². The van der Waals surface area contributed by atoms with Gasteiger partial charge in [-0.15, -0.1) is 10.2 Å². The molecule has 1 fully saturated rings. The molecule has 1 heterocycles. The van der Waals surface area contributed by atoms with Crippen molar-refractivity contribution in [2.75, 3.05) is 18.0 Å². The van der Waals surface area contributed by atoms with Crippen LogP contribution >= 0.6 is 11.3 Å². The van der Waals surface area contributed by atoms with Gasteiger partial charge < -0.3 is 10.6 Å². The number of anilines is 1. The minimum absolute atomic E-state index is 0.268. The molecule has 0 aliphatic heterocycles. The van der Waals surface area contributed by atoms with E-state index in [1.807, 2.05) is 4.90 Å². The van der Waals surface area contributed by atoms with Crippen LogP contribution < -0.4 is 10.6 Å². The summed E-state index contributed by atoms with van der Waals surface area (Å²) in [7, 11) is 0. The van der Waals surface area contributed by atoms with E-state index in [0.29, 0.717) is 29.6 Å². The summed E-state index contributed by atoms with van der Waals surface area (Å²) in [5.41, 5.74) is 5.52. The van der Waals surface area contributed by atoms with Gasteiger partial charge in [-0.05, 0) is 25.8 Å². The highest BCUT2D eigenvalue weighted by Crippen LogP contribution is 2.36. The van der Waals surface area contributed by atoms with Crippen LogP contribution in [0.5, 0.6) is 0 Å². The number of nitrogens with two attached hydrogens (primary N) is 1. The number of hydrogen-bond donors (Lipinski definition) is 1. The van der Waals surface area contributed by atoms with E-state index in [9.17, 15) is 13.2 Å². The van der Waals surface area contributed by atoms with Gasteiger partial charge in [-0.1, -0.05) is 30.6 Å². The van der Waals surface area contributed by atoms with Gasteiger partial charge in [0.2, 0.25) is 10.1 Å². The summed E-state index contributed by atoms with van der Waals surface area (Å²) in [5, 5.41) is 6.53. The van der Waals surface area contributed by atoms with Crippen molar-refractivity contribution in [3.63, 3.8) is 0 Å². The Bertz CT molecular complexity index is 415. The predicted molar refractivity (Wildman–Crippen MR) is 72.8 cm³/mol. The van der Waals surface area contributed by atoms with E-state index in [2.05, 4.69) is 10.2 Å². The SMILES string of the molecule is NCCCN(c1nnc(C(F)(F)F)s1)C1CCCCC1. The summed E-state index contributed by atoms with van der Waals surface area (Å²) in [4.78, 5) is 1.97. The monoisotopic (exact) mass is 308 g/mol. The Balaban J connectivity index is 2.14. The smallest absolute Gasteiger partial charge is 0.344 e. The van der Waals surface area contributed by atoms with E-state index in [1.54, 1.807) is 0 Å². The first-order valence-corrected chi connectivity index (χ1v) is 7.71. The third kappa shape index (κ3) is 3.82. The molecule has 4 nitrogen and oxygen atoms in total. The molecular weight excluding hydrogens is 289 g/mol. The van der Waals surface area contributed by atoms with Crippen molar-refractivity contribution in [2.45, 2.75) is 50.7 Å². The van der Waals surface area contributed by atoms with Crippen LogP contribution in [0.2, 0.25) is 0 Å². The van der Waals surface area contributed by atoms with Gasteiger partial charge in [-0.3, -0.25) is 0 Å². The van der Waals surface area contributed by atoms with Crippen LogP contribution in [0.3, 0.4) is 0 Å². The summed E-state index contributed by atoms with van der Waals surface area (Å²) in [6.45, 7) is 1.17. The molecule has 1 aliphatic rings. The van der Waals surface area contributed by atoms with Crippen LogP contribution in [-0.4, -0.2) is 29.3 Å². The Kier molecular flexibility index (Phi) is 5.20. The zero-order valence-electron chi connectivity index (χ0n) is 11.2. The van der Waals surface area contributed by atoms with Gasteiger partial charge in [0.1, 0.15) is 0 Å². The fraction of sp³-hybridized carbons (Fsp3) is 0.833. The van der Waals surface area contributed by atoms with Crippen molar-refractivity contribution in [3.05, 3.63) is 5.01 Å². The Morgan fingerprint density at radius 2 is 1.90 bits per heavy atom. The average Bonchev–Trinajstić information content (AvgIpc) is 2.90. The molecule has 1 aromatic rings. The van der Waals surface area contributed by atoms with Crippen molar-refractivity contribution >= 4 is 16.5 Å². The van der Waals surface area contributed by atoms with Gasteiger partial charge in [0, 0.05) is 12.6 Å². The molecule has 1 saturated carbocycles. The number of halogens is 3. The molecule has 1 aliphatic carbocycles. The second kappa shape index (κ2) is 6.71. The molecule has 0 saturated heterocycles. The summed E-state index contributed by atoms with van der Waals surface area (Å²) in [6.07, 6.45) is 1.78. The van der Waals surface area contributed by atoms with Crippen LogP contribution in [0, 0.1) is 0 Å². The van der Waals surface area contributed by atoms with E-state index >= 15 is 0 Å². The second-order valence-electron chi connectivity index (χ2n) is 5.02. The zero-order valence-corrected chi connectivity index (χ0v) is 12.0. The van der Waals surface area contributed by atoms with Gasteiger partial charge in [0.05, 0.1) is 0 Å². The maximum atomic E-state index is 12.6. The maximum Gasteiger partial charge on any atom is 0.445 e. The van der Waals surface area contributed by atoms with Crippen LogP contribution in [0.4, 0.5) is 18.3 Å². The topological polar surface area (TPSA) is 55.0 Å². The summed E-state index contributed by atoms with van der Waals surface area (Å²) in [6, 6.07) is 0.268. The molecule has 114 valence electrons. The molecule has 20 heavy (non-hydrogen) atoms. The molecular formula is C12H19F3N4S. The molecule has 0 aromatic carbocycles. The van der Waals surface area contributed by atoms with Crippen LogP contribution in [0.15, 0.2) is 0 Å². The normalized spacial score (nSPS) is 17.4. The second-order valence-corrected chi connectivity index (χ2v) is 5.97. The molecule has 1 aromatic heterocycles. The number of hydrogen-bond acceptors (Lipinski definition) is 5. The zero-order chi connectivity index (χ0) is 14.6. The highest BCUT2D eigenvalue weighted by Gasteiger charge is 2.36. The van der Waals surface area contributed by atoms with Gasteiger partial charge >= 0.3 is 6.18 Å². The van der Waals surface area contributed by atoms with Gasteiger partial charge in [-0.2, -0.15) is 13.2 Å². The highest BCUT2D eigenvalue weighted by atomic mass is 32.1. The lowest BCUT2D eigenvalue weighted by atomic mass is 9.94. The van der Waals surface area contributed by atoms with E-state index in [4.69, 9.17) is 5.73 Å². The third-order valence-electron chi connectivity index (χ3n) is 3.52. The summed E-state index contributed by atoms with van der Waals surface area (Å²) >= 11 is 0.630.